The molecule has 0 aliphatic carbocycles. The second-order valence-corrected chi connectivity index (χ2v) is 10.7. The molecule has 2 aliphatic rings. The minimum absolute atomic E-state index is 0.0915. The standard InChI is InChI=1S/C29H24FN5OS/c30-24-10-18(29(36)35-14-19-12-31-13-20(19)15-35)1-4-22(24)17-2-5-25-23(9-17)26(7-8-32-25)34-21-3-6-28-27(11-21)33-16-37-28/h1-11,16,19-20,31H,12-15H2,(H,32,34). The van der Waals surface area contributed by atoms with E-state index in [0.29, 0.717) is 23.0 Å². The Kier molecular flexibility index (Phi) is 5.37. The number of thiazole rings is 1. The summed E-state index contributed by atoms with van der Waals surface area (Å²) in [6.45, 7) is 3.38. The van der Waals surface area contributed by atoms with Gasteiger partial charge in [0.25, 0.3) is 5.91 Å². The fraction of sp³-hybridized carbons (Fsp3) is 0.207. The molecule has 0 bridgehead atoms. The van der Waals surface area contributed by atoms with Crippen LogP contribution in [0.5, 0.6) is 0 Å². The summed E-state index contributed by atoms with van der Waals surface area (Å²) in [7, 11) is 0. The van der Waals surface area contributed by atoms with E-state index in [-0.39, 0.29) is 5.91 Å². The van der Waals surface area contributed by atoms with Crippen molar-refractivity contribution < 1.29 is 9.18 Å². The predicted octanol–water partition coefficient (Wildman–Crippen LogP) is 5.69. The van der Waals surface area contributed by atoms with Crippen molar-refractivity contribution >= 4 is 49.7 Å². The number of nitrogens with one attached hydrogen (secondary N) is 2. The van der Waals surface area contributed by atoms with Gasteiger partial charge in [0, 0.05) is 60.3 Å². The minimum atomic E-state index is -0.404. The van der Waals surface area contributed by atoms with E-state index in [4.69, 9.17) is 0 Å². The van der Waals surface area contributed by atoms with Crippen molar-refractivity contribution in [3.63, 3.8) is 0 Å². The van der Waals surface area contributed by atoms with Crippen LogP contribution < -0.4 is 10.6 Å². The fourth-order valence-electron chi connectivity index (χ4n) is 5.60. The Morgan fingerprint density at radius 2 is 1.84 bits per heavy atom. The molecule has 7 rings (SSSR count). The Morgan fingerprint density at radius 1 is 0.973 bits per heavy atom. The maximum atomic E-state index is 15.4. The number of benzene rings is 3. The first kappa shape index (κ1) is 22.3. The van der Waals surface area contributed by atoms with E-state index in [2.05, 4.69) is 20.6 Å². The molecule has 6 nitrogen and oxygen atoms in total. The minimum Gasteiger partial charge on any atom is -0.355 e. The van der Waals surface area contributed by atoms with Gasteiger partial charge in [-0.25, -0.2) is 9.37 Å². The number of fused-ring (bicyclic) bond motifs is 3. The number of aromatic nitrogens is 2. The molecule has 2 unspecified atom stereocenters. The monoisotopic (exact) mass is 509 g/mol. The molecule has 0 radical (unpaired) electrons. The van der Waals surface area contributed by atoms with Crippen molar-refractivity contribution in [3.8, 4) is 11.1 Å². The van der Waals surface area contributed by atoms with Crippen LogP contribution in [0.2, 0.25) is 0 Å². The predicted molar refractivity (Wildman–Crippen MR) is 146 cm³/mol. The van der Waals surface area contributed by atoms with Crippen molar-refractivity contribution in [1.82, 2.24) is 20.2 Å². The average molecular weight is 510 g/mol. The molecule has 2 aliphatic heterocycles. The second kappa shape index (κ2) is 8.90. The van der Waals surface area contributed by atoms with Crippen LogP contribution in [0, 0.1) is 17.7 Å². The Labute approximate surface area is 217 Å². The van der Waals surface area contributed by atoms with E-state index >= 15 is 4.39 Å². The van der Waals surface area contributed by atoms with Crippen LogP contribution in [0.15, 0.2) is 72.4 Å². The number of anilines is 2. The first-order valence-electron chi connectivity index (χ1n) is 12.4. The third-order valence-corrected chi connectivity index (χ3v) is 8.36. The van der Waals surface area contributed by atoms with Gasteiger partial charge in [-0.3, -0.25) is 9.78 Å². The summed E-state index contributed by atoms with van der Waals surface area (Å²) in [5, 5.41) is 7.74. The third kappa shape index (κ3) is 4.02. The number of carbonyl (C=O) groups excluding carboxylic acids is 1. The van der Waals surface area contributed by atoms with Gasteiger partial charge in [-0.05, 0) is 65.9 Å². The van der Waals surface area contributed by atoms with Gasteiger partial charge >= 0.3 is 0 Å². The lowest BCUT2D eigenvalue weighted by molar-refractivity contribution is 0.0781. The Bertz CT molecular complexity index is 1660. The number of rotatable bonds is 4. The topological polar surface area (TPSA) is 70.2 Å². The van der Waals surface area contributed by atoms with Crippen molar-refractivity contribution in [2.75, 3.05) is 31.5 Å². The summed E-state index contributed by atoms with van der Waals surface area (Å²) in [4.78, 5) is 23.8. The van der Waals surface area contributed by atoms with Crippen LogP contribution in [0.25, 0.3) is 32.2 Å². The number of hydrogen-bond donors (Lipinski definition) is 2. The summed E-state index contributed by atoms with van der Waals surface area (Å²) in [5.74, 6) is 0.515. The first-order valence-corrected chi connectivity index (χ1v) is 13.3. The van der Waals surface area contributed by atoms with Crippen LogP contribution >= 0.6 is 11.3 Å². The van der Waals surface area contributed by atoms with Gasteiger partial charge < -0.3 is 15.5 Å². The van der Waals surface area contributed by atoms with Crippen LogP contribution in [0.3, 0.4) is 0 Å². The molecule has 0 saturated carbocycles. The molecular formula is C29H24FN5OS. The maximum Gasteiger partial charge on any atom is 0.253 e. The number of pyridine rings is 1. The number of carbonyl (C=O) groups is 1. The molecule has 0 spiro atoms. The number of nitrogens with zero attached hydrogens (tertiary/aromatic N) is 3. The van der Waals surface area contributed by atoms with Gasteiger partial charge in [0.05, 0.1) is 21.2 Å². The molecular weight excluding hydrogens is 485 g/mol. The van der Waals surface area contributed by atoms with Gasteiger partial charge in [0.15, 0.2) is 0 Å². The zero-order valence-corrected chi connectivity index (χ0v) is 20.8. The highest BCUT2D eigenvalue weighted by Crippen LogP contribution is 2.33. The Balaban J connectivity index is 1.18. The molecule has 3 aromatic carbocycles. The van der Waals surface area contributed by atoms with Crippen LogP contribution in [0.1, 0.15) is 10.4 Å². The highest BCUT2D eigenvalue weighted by molar-refractivity contribution is 7.16. The number of halogens is 1. The largest absolute Gasteiger partial charge is 0.355 e. The molecule has 1 amide bonds. The second-order valence-electron chi connectivity index (χ2n) is 9.83. The molecule has 2 N–H and O–H groups in total. The first-order chi connectivity index (χ1) is 18.1. The van der Waals surface area contributed by atoms with Crippen LogP contribution in [0.4, 0.5) is 15.8 Å². The van der Waals surface area contributed by atoms with E-state index in [9.17, 15) is 4.79 Å². The van der Waals surface area contributed by atoms with E-state index in [1.54, 1.807) is 29.7 Å². The number of likely N-dealkylation sites (tertiary alicyclic amines) is 1. The van der Waals surface area contributed by atoms with Crippen molar-refractivity contribution in [2.45, 2.75) is 0 Å². The normalized spacial score (nSPS) is 19.0. The molecule has 4 heterocycles. The molecule has 184 valence electrons. The quantitative estimate of drug-likeness (QED) is 0.326. The van der Waals surface area contributed by atoms with Crippen molar-refractivity contribution in [3.05, 3.63) is 83.8 Å². The average Bonchev–Trinajstić information content (AvgIpc) is 3.65. The molecule has 2 atom stereocenters. The zero-order valence-electron chi connectivity index (χ0n) is 19.9. The van der Waals surface area contributed by atoms with E-state index in [1.807, 2.05) is 52.9 Å². The molecule has 8 heteroatoms. The van der Waals surface area contributed by atoms with Crippen LogP contribution in [-0.4, -0.2) is 47.0 Å². The summed E-state index contributed by atoms with van der Waals surface area (Å²) < 4.78 is 16.5. The SMILES string of the molecule is O=C(c1ccc(-c2ccc3nccc(Nc4ccc5scnc5c4)c3c2)c(F)c1)N1CC2CNCC2C1. The van der Waals surface area contributed by atoms with E-state index in [0.717, 1.165) is 64.2 Å². The maximum absolute atomic E-state index is 15.4. The summed E-state index contributed by atoms with van der Waals surface area (Å²) in [6.07, 6.45) is 1.76. The molecule has 37 heavy (non-hydrogen) atoms. The van der Waals surface area contributed by atoms with E-state index < -0.39 is 5.82 Å². The van der Waals surface area contributed by atoms with Gasteiger partial charge in [0.2, 0.25) is 0 Å². The lowest BCUT2D eigenvalue weighted by atomic mass is 10.00. The molecule has 2 saturated heterocycles. The lowest BCUT2D eigenvalue weighted by Crippen LogP contribution is -2.31. The highest BCUT2D eigenvalue weighted by atomic mass is 32.1. The molecule has 2 fully saturated rings. The summed E-state index contributed by atoms with van der Waals surface area (Å²) >= 11 is 1.61. The zero-order chi connectivity index (χ0) is 24.9. The number of amides is 1. The van der Waals surface area contributed by atoms with Gasteiger partial charge in [-0.15, -0.1) is 11.3 Å². The highest BCUT2D eigenvalue weighted by Gasteiger charge is 2.38. The fourth-order valence-corrected chi connectivity index (χ4v) is 6.26. The Morgan fingerprint density at radius 3 is 2.68 bits per heavy atom. The Hall–Kier alpha value is -3.88. The number of hydrogen-bond acceptors (Lipinski definition) is 6. The lowest BCUT2D eigenvalue weighted by Gasteiger charge is -2.18. The van der Waals surface area contributed by atoms with E-state index in [1.165, 1.54) is 6.07 Å². The van der Waals surface area contributed by atoms with Gasteiger partial charge in [-0.1, -0.05) is 12.1 Å². The molecule has 2 aromatic heterocycles. The van der Waals surface area contributed by atoms with Gasteiger partial charge in [-0.2, -0.15) is 0 Å². The van der Waals surface area contributed by atoms with Crippen molar-refractivity contribution in [1.29, 1.82) is 0 Å². The smallest absolute Gasteiger partial charge is 0.253 e. The summed E-state index contributed by atoms with van der Waals surface area (Å²) in [5.41, 5.74) is 6.98. The molecule has 5 aromatic rings. The van der Waals surface area contributed by atoms with Crippen LogP contribution in [-0.2, 0) is 0 Å². The third-order valence-electron chi connectivity index (χ3n) is 7.55. The van der Waals surface area contributed by atoms with Gasteiger partial charge in [0.1, 0.15) is 5.82 Å². The van der Waals surface area contributed by atoms with Crippen molar-refractivity contribution in [2.24, 2.45) is 11.8 Å². The summed E-state index contributed by atoms with van der Waals surface area (Å²) in [6, 6.07) is 18.5.